The number of hydrogen-bond acceptors (Lipinski definition) is 5. The second-order valence-electron chi connectivity index (χ2n) is 6.17. The summed E-state index contributed by atoms with van der Waals surface area (Å²) >= 11 is 0. The van der Waals surface area contributed by atoms with Gasteiger partial charge in [0.25, 0.3) is 5.91 Å². The van der Waals surface area contributed by atoms with Gasteiger partial charge in [-0.3, -0.25) is 4.79 Å². The molecule has 1 N–H and O–H groups in total. The van der Waals surface area contributed by atoms with E-state index >= 15 is 0 Å². The van der Waals surface area contributed by atoms with Crippen LogP contribution in [0.25, 0.3) is 5.69 Å². The van der Waals surface area contributed by atoms with Gasteiger partial charge in [-0.05, 0) is 52.4 Å². The van der Waals surface area contributed by atoms with E-state index in [1.54, 1.807) is 24.3 Å². The molecule has 0 saturated heterocycles. The lowest BCUT2D eigenvalue weighted by Gasteiger charge is -2.11. The first-order valence-corrected chi connectivity index (χ1v) is 8.80. The fourth-order valence-corrected chi connectivity index (χ4v) is 2.73. The molecule has 1 amide bonds. The lowest BCUT2D eigenvalue weighted by Crippen LogP contribution is -2.15. The second kappa shape index (κ2) is 8.30. The van der Waals surface area contributed by atoms with Crippen LogP contribution < -0.4 is 10.1 Å². The van der Waals surface area contributed by atoms with Crippen LogP contribution >= 0.6 is 0 Å². The summed E-state index contributed by atoms with van der Waals surface area (Å²) in [7, 11) is 0. The molecule has 29 heavy (non-hydrogen) atoms. The number of rotatable bonds is 6. The lowest BCUT2D eigenvalue weighted by molar-refractivity contribution is 0.102. The highest BCUT2D eigenvalue weighted by Crippen LogP contribution is 2.20. The third-order valence-electron chi connectivity index (χ3n) is 4.16. The average molecular weight is 389 g/mol. The molecule has 4 rings (SSSR count). The Bertz CT molecular complexity index is 1100. The number of carbonyl (C=O) groups is 1. The van der Waals surface area contributed by atoms with Crippen molar-refractivity contribution in [2.75, 3.05) is 5.32 Å². The molecule has 0 atom stereocenters. The minimum absolute atomic E-state index is 0.239. The predicted octanol–water partition coefficient (Wildman–Crippen LogP) is 3.63. The van der Waals surface area contributed by atoms with Crippen molar-refractivity contribution in [3.63, 3.8) is 0 Å². The SMILES string of the molecule is O=C(Nc1ccc(OCc2ccccc2)cc1)c1ccc(F)cc1-n1cnnn1. The van der Waals surface area contributed by atoms with Gasteiger partial charge >= 0.3 is 0 Å². The van der Waals surface area contributed by atoms with Gasteiger partial charge in [0.15, 0.2) is 0 Å². The van der Waals surface area contributed by atoms with Gasteiger partial charge < -0.3 is 10.1 Å². The minimum atomic E-state index is -0.494. The van der Waals surface area contributed by atoms with E-state index in [1.165, 1.54) is 29.2 Å². The maximum Gasteiger partial charge on any atom is 0.257 e. The number of halogens is 1. The van der Waals surface area contributed by atoms with Crippen molar-refractivity contribution in [1.82, 2.24) is 20.2 Å². The molecule has 0 aliphatic heterocycles. The van der Waals surface area contributed by atoms with Gasteiger partial charge in [-0.1, -0.05) is 30.3 Å². The molecule has 7 nitrogen and oxygen atoms in total. The summed E-state index contributed by atoms with van der Waals surface area (Å²) in [6.07, 6.45) is 1.30. The Hall–Kier alpha value is -4.07. The van der Waals surface area contributed by atoms with Gasteiger partial charge in [0.2, 0.25) is 0 Å². The van der Waals surface area contributed by atoms with E-state index in [9.17, 15) is 9.18 Å². The van der Waals surface area contributed by atoms with Crippen LogP contribution in [0, 0.1) is 5.82 Å². The highest BCUT2D eigenvalue weighted by atomic mass is 19.1. The number of hydrogen-bond donors (Lipinski definition) is 1. The van der Waals surface area contributed by atoms with Crippen molar-refractivity contribution < 1.29 is 13.9 Å². The molecule has 4 aromatic rings. The van der Waals surface area contributed by atoms with Crippen molar-refractivity contribution >= 4 is 11.6 Å². The molecule has 0 fully saturated rings. The smallest absolute Gasteiger partial charge is 0.257 e. The van der Waals surface area contributed by atoms with Crippen molar-refractivity contribution in [2.24, 2.45) is 0 Å². The first-order valence-electron chi connectivity index (χ1n) is 8.80. The highest BCUT2D eigenvalue weighted by molar-refractivity contribution is 6.06. The van der Waals surface area contributed by atoms with Crippen LogP contribution in [-0.4, -0.2) is 26.1 Å². The normalized spacial score (nSPS) is 10.5. The number of amides is 1. The van der Waals surface area contributed by atoms with Crippen LogP contribution in [0.5, 0.6) is 5.75 Å². The first kappa shape index (κ1) is 18.3. The van der Waals surface area contributed by atoms with E-state index in [0.29, 0.717) is 18.0 Å². The first-order chi connectivity index (χ1) is 14.2. The monoisotopic (exact) mass is 389 g/mol. The molecule has 0 aliphatic carbocycles. The summed E-state index contributed by atoms with van der Waals surface area (Å²) in [4.78, 5) is 12.7. The number of nitrogens with zero attached hydrogens (tertiary/aromatic N) is 4. The van der Waals surface area contributed by atoms with Crippen LogP contribution in [-0.2, 0) is 6.61 Å². The van der Waals surface area contributed by atoms with Crippen molar-refractivity contribution in [3.05, 3.63) is 96.1 Å². The van der Waals surface area contributed by atoms with E-state index in [4.69, 9.17) is 4.74 Å². The molecule has 1 aromatic heterocycles. The largest absolute Gasteiger partial charge is 0.489 e. The number of tetrazole rings is 1. The Balaban J connectivity index is 1.45. The van der Waals surface area contributed by atoms with Crippen LogP contribution in [0.1, 0.15) is 15.9 Å². The maximum atomic E-state index is 13.6. The zero-order chi connectivity index (χ0) is 20.1. The summed E-state index contributed by atoms with van der Waals surface area (Å²) < 4.78 is 20.6. The van der Waals surface area contributed by atoms with Crippen LogP contribution in [0.15, 0.2) is 79.1 Å². The molecule has 0 unspecified atom stereocenters. The van der Waals surface area contributed by atoms with E-state index in [0.717, 1.165) is 5.56 Å². The molecule has 8 heteroatoms. The summed E-state index contributed by atoms with van der Waals surface area (Å²) in [5.74, 6) is -0.219. The predicted molar refractivity (Wildman–Crippen MR) is 104 cm³/mol. The molecule has 0 aliphatic rings. The minimum Gasteiger partial charge on any atom is -0.489 e. The summed E-state index contributed by atoms with van der Waals surface area (Å²) in [5, 5.41) is 13.6. The molecule has 0 saturated carbocycles. The summed E-state index contributed by atoms with van der Waals surface area (Å²) in [6, 6.07) is 20.6. The van der Waals surface area contributed by atoms with E-state index in [2.05, 4.69) is 20.8 Å². The Morgan fingerprint density at radius 1 is 1.03 bits per heavy atom. The molecule has 1 heterocycles. The number of benzene rings is 3. The molecular weight excluding hydrogens is 373 g/mol. The third-order valence-corrected chi connectivity index (χ3v) is 4.16. The van der Waals surface area contributed by atoms with Crippen molar-refractivity contribution in [1.29, 1.82) is 0 Å². The summed E-state index contributed by atoms with van der Waals surface area (Å²) in [5.41, 5.74) is 2.13. The van der Waals surface area contributed by atoms with E-state index in [-0.39, 0.29) is 11.3 Å². The van der Waals surface area contributed by atoms with Crippen molar-refractivity contribution in [2.45, 2.75) is 6.61 Å². The van der Waals surface area contributed by atoms with E-state index in [1.807, 2.05) is 30.3 Å². The van der Waals surface area contributed by atoms with Crippen LogP contribution in [0.3, 0.4) is 0 Å². The second-order valence-corrected chi connectivity index (χ2v) is 6.17. The maximum absolute atomic E-state index is 13.6. The molecule has 3 aromatic carbocycles. The Morgan fingerprint density at radius 2 is 1.83 bits per heavy atom. The number of carbonyl (C=O) groups excluding carboxylic acids is 1. The Kier molecular flexibility index (Phi) is 5.24. The molecular formula is C21H16FN5O2. The lowest BCUT2D eigenvalue weighted by atomic mass is 10.1. The number of anilines is 1. The van der Waals surface area contributed by atoms with Crippen molar-refractivity contribution in [3.8, 4) is 11.4 Å². The summed E-state index contributed by atoms with van der Waals surface area (Å²) in [6.45, 7) is 0.456. The molecule has 0 radical (unpaired) electrons. The number of nitrogens with one attached hydrogen (secondary N) is 1. The van der Waals surface area contributed by atoms with Gasteiger partial charge in [0.05, 0.1) is 11.3 Å². The van der Waals surface area contributed by atoms with Crippen LogP contribution in [0.2, 0.25) is 0 Å². The average Bonchev–Trinajstić information content (AvgIpc) is 3.29. The zero-order valence-electron chi connectivity index (χ0n) is 15.2. The molecule has 144 valence electrons. The van der Waals surface area contributed by atoms with Gasteiger partial charge in [-0.25, -0.2) is 4.39 Å². The van der Waals surface area contributed by atoms with Gasteiger partial charge in [0, 0.05) is 11.8 Å². The third kappa shape index (κ3) is 4.44. The van der Waals surface area contributed by atoms with Gasteiger partial charge in [0.1, 0.15) is 24.5 Å². The van der Waals surface area contributed by atoms with Crippen LogP contribution in [0.4, 0.5) is 10.1 Å². The Labute approximate surface area is 165 Å². The Morgan fingerprint density at radius 3 is 2.55 bits per heavy atom. The zero-order valence-corrected chi connectivity index (χ0v) is 15.2. The quantitative estimate of drug-likeness (QED) is 0.545. The fourth-order valence-electron chi connectivity index (χ4n) is 2.73. The number of aromatic nitrogens is 4. The van der Waals surface area contributed by atoms with E-state index < -0.39 is 11.7 Å². The van der Waals surface area contributed by atoms with Gasteiger partial charge in [-0.2, -0.15) is 4.68 Å². The van der Waals surface area contributed by atoms with Gasteiger partial charge in [-0.15, -0.1) is 5.10 Å². The highest BCUT2D eigenvalue weighted by Gasteiger charge is 2.15. The topological polar surface area (TPSA) is 81.9 Å². The fraction of sp³-hybridized carbons (Fsp3) is 0.0476. The molecule has 0 bridgehead atoms. The molecule has 0 spiro atoms. The number of ether oxygens (including phenoxy) is 1. The standard InChI is InChI=1S/C21H16FN5O2/c22-16-6-11-19(20(12-16)27-14-23-25-26-27)21(28)24-17-7-9-18(10-8-17)29-13-15-4-2-1-3-5-15/h1-12,14H,13H2,(H,24,28).